The van der Waals surface area contributed by atoms with Crippen LogP contribution < -0.4 is 10.6 Å². The molecule has 0 bridgehead atoms. The van der Waals surface area contributed by atoms with Crippen LogP contribution in [0.15, 0.2) is 0 Å². The molecule has 0 radical (unpaired) electrons. The summed E-state index contributed by atoms with van der Waals surface area (Å²) in [4.78, 5) is 44.1. The first-order chi connectivity index (χ1) is 9.27. The number of nitrogens with one attached hydrogen (secondary N) is 2. The van der Waals surface area contributed by atoms with Crippen molar-refractivity contribution in [2.75, 3.05) is 7.05 Å². The number of rotatable bonds is 10. The average Bonchev–Trinajstić information content (AvgIpc) is 2.34. The minimum atomic E-state index is -1.06. The first-order valence-electron chi connectivity index (χ1n) is 6.19. The van der Waals surface area contributed by atoms with Gasteiger partial charge in [-0.1, -0.05) is 0 Å². The summed E-state index contributed by atoms with van der Waals surface area (Å²) in [5.74, 6) is -2.92. The van der Waals surface area contributed by atoms with Gasteiger partial charge in [-0.25, -0.2) is 0 Å². The topological polar surface area (TPSA) is 133 Å². The van der Waals surface area contributed by atoms with Crippen molar-refractivity contribution in [1.82, 2.24) is 10.6 Å². The highest BCUT2D eigenvalue weighted by molar-refractivity contribution is 5.88. The molecule has 0 fully saturated rings. The zero-order valence-corrected chi connectivity index (χ0v) is 11.5. The number of carbonyl (C=O) groups is 4. The van der Waals surface area contributed by atoms with E-state index in [0.717, 1.165) is 0 Å². The summed E-state index contributed by atoms with van der Waals surface area (Å²) >= 11 is 0. The third-order valence-corrected chi connectivity index (χ3v) is 2.78. The van der Waals surface area contributed by atoms with Crippen LogP contribution in [-0.4, -0.2) is 53.0 Å². The molecule has 8 nitrogen and oxygen atoms in total. The van der Waals surface area contributed by atoms with Crippen molar-refractivity contribution in [2.24, 2.45) is 0 Å². The summed E-state index contributed by atoms with van der Waals surface area (Å²) in [6.07, 6.45) is -0.181. The number of likely N-dealkylation sites (N-methyl/N-ethyl adjacent to an activating group) is 1. The molecule has 0 rings (SSSR count). The van der Waals surface area contributed by atoms with Crippen molar-refractivity contribution in [3.8, 4) is 0 Å². The second kappa shape index (κ2) is 9.03. The molecule has 4 N–H and O–H groups in total. The van der Waals surface area contributed by atoms with Crippen molar-refractivity contribution in [2.45, 2.75) is 44.7 Å². The van der Waals surface area contributed by atoms with E-state index in [-0.39, 0.29) is 31.5 Å². The Balaban J connectivity index is 4.29. The van der Waals surface area contributed by atoms with E-state index in [1.54, 1.807) is 0 Å². The van der Waals surface area contributed by atoms with E-state index in [1.807, 2.05) is 0 Å². The molecule has 0 saturated carbocycles. The Kier molecular flexibility index (Phi) is 8.14. The normalized spacial score (nSPS) is 13.3. The second-order valence-electron chi connectivity index (χ2n) is 4.38. The third-order valence-electron chi connectivity index (χ3n) is 2.78. The van der Waals surface area contributed by atoms with Crippen molar-refractivity contribution < 1.29 is 29.4 Å². The number of carboxylic acids is 2. The first kappa shape index (κ1) is 18.0. The third kappa shape index (κ3) is 7.47. The Labute approximate surface area is 116 Å². The summed E-state index contributed by atoms with van der Waals surface area (Å²) in [6.45, 7) is 1.26. The lowest BCUT2D eigenvalue weighted by Crippen LogP contribution is -2.41. The SMILES string of the molecule is CNC(CCC(=O)NC(CCC(=O)O)C(C)=O)C(=O)O. The van der Waals surface area contributed by atoms with Gasteiger partial charge in [0.1, 0.15) is 6.04 Å². The molecule has 0 aliphatic heterocycles. The van der Waals surface area contributed by atoms with Crippen LogP contribution in [0.25, 0.3) is 0 Å². The van der Waals surface area contributed by atoms with E-state index in [9.17, 15) is 19.2 Å². The lowest BCUT2D eigenvalue weighted by molar-refractivity contribution is -0.140. The maximum atomic E-state index is 11.6. The molecule has 0 spiro atoms. The summed E-state index contributed by atoms with van der Waals surface area (Å²) in [5, 5.41) is 22.3. The van der Waals surface area contributed by atoms with E-state index in [4.69, 9.17) is 10.2 Å². The predicted molar refractivity (Wildman–Crippen MR) is 69.2 cm³/mol. The molecule has 1 amide bonds. The molecule has 0 aromatic carbocycles. The van der Waals surface area contributed by atoms with E-state index in [1.165, 1.54) is 14.0 Å². The molecule has 114 valence electrons. The van der Waals surface area contributed by atoms with Crippen LogP contribution in [0, 0.1) is 0 Å². The average molecular weight is 288 g/mol. The van der Waals surface area contributed by atoms with E-state index >= 15 is 0 Å². The van der Waals surface area contributed by atoms with Gasteiger partial charge in [-0.15, -0.1) is 0 Å². The van der Waals surface area contributed by atoms with Crippen LogP contribution in [0.1, 0.15) is 32.6 Å². The molecule has 2 unspecified atom stereocenters. The quantitative estimate of drug-likeness (QED) is 0.421. The number of carboxylic acid groups (broad SMARTS) is 2. The smallest absolute Gasteiger partial charge is 0.320 e. The fourth-order valence-electron chi connectivity index (χ4n) is 1.58. The highest BCUT2D eigenvalue weighted by atomic mass is 16.4. The fraction of sp³-hybridized carbons (Fsp3) is 0.667. The van der Waals surface area contributed by atoms with Gasteiger partial charge in [0.25, 0.3) is 0 Å². The summed E-state index contributed by atoms with van der Waals surface area (Å²) in [6, 6.07) is -1.69. The predicted octanol–water partition coefficient (Wildman–Crippen LogP) is -0.622. The van der Waals surface area contributed by atoms with Crippen LogP contribution in [0.3, 0.4) is 0 Å². The number of ketones is 1. The molecule has 0 heterocycles. The van der Waals surface area contributed by atoms with E-state index < -0.39 is 29.9 Å². The molecule has 0 aliphatic rings. The Bertz CT molecular complexity index is 382. The zero-order valence-electron chi connectivity index (χ0n) is 11.5. The Hall–Kier alpha value is -1.96. The molecular formula is C12H20N2O6. The van der Waals surface area contributed by atoms with E-state index in [0.29, 0.717) is 0 Å². The monoisotopic (exact) mass is 288 g/mol. The number of Topliss-reactive ketones (excluding diaryl/α,β-unsaturated/α-hetero) is 1. The summed E-state index contributed by atoms with van der Waals surface area (Å²) in [5.41, 5.74) is 0. The van der Waals surface area contributed by atoms with Crippen LogP contribution in [0.2, 0.25) is 0 Å². The molecule has 0 aromatic heterocycles. The fourth-order valence-corrected chi connectivity index (χ4v) is 1.58. The number of hydrogen-bond acceptors (Lipinski definition) is 5. The minimum absolute atomic E-state index is 0.0186. The largest absolute Gasteiger partial charge is 0.481 e. The van der Waals surface area contributed by atoms with Crippen LogP contribution in [0.4, 0.5) is 0 Å². The van der Waals surface area contributed by atoms with Gasteiger partial charge in [0, 0.05) is 12.8 Å². The van der Waals surface area contributed by atoms with E-state index in [2.05, 4.69) is 10.6 Å². The number of hydrogen-bond donors (Lipinski definition) is 4. The molecule has 0 aromatic rings. The highest BCUT2D eigenvalue weighted by Crippen LogP contribution is 2.02. The van der Waals surface area contributed by atoms with Crippen molar-refractivity contribution in [3.05, 3.63) is 0 Å². The van der Waals surface area contributed by atoms with Gasteiger partial charge in [-0.05, 0) is 26.8 Å². The van der Waals surface area contributed by atoms with Crippen LogP contribution in [0.5, 0.6) is 0 Å². The summed E-state index contributed by atoms with van der Waals surface area (Å²) < 4.78 is 0. The van der Waals surface area contributed by atoms with Gasteiger partial charge in [0.05, 0.1) is 6.04 Å². The van der Waals surface area contributed by atoms with Crippen LogP contribution >= 0.6 is 0 Å². The van der Waals surface area contributed by atoms with Crippen molar-refractivity contribution in [3.63, 3.8) is 0 Å². The number of carbonyl (C=O) groups excluding carboxylic acids is 2. The van der Waals surface area contributed by atoms with Gasteiger partial charge in [0.15, 0.2) is 5.78 Å². The lowest BCUT2D eigenvalue weighted by Gasteiger charge is -2.16. The first-order valence-corrected chi connectivity index (χ1v) is 6.19. The Morgan fingerprint density at radius 3 is 1.95 bits per heavy atom. The van der Waals surface area contributed by atoms with Gasteiger partial charge in [-0.2, -0.15) is 0 Å². The molecule has 0 saturated heterocycles. The number of aliphatic carboxylic acids is 2. The lowest BCUT2D eigenvalue weighted by atomic mass is 10.1. The molecule has 20 heavy (non-hydrogen) atoms. The Morgan fingerprint density at radius 1 is 1.00 bits per heavy atom. The maximum absolute atomic E-state index is 11.6. The van der Waals surface area contributed by atoms with Gasteiger partial charge in [-0.3, -0.25) is 19.2 Å². The standard InChI is InChI=1S/C12H20N2O6/c1-7(15)8(4-6-11(17)18)14-10(16)5-3-9(13-2)12(19)20/h8-9,13H,3-6H2,1-2H3,(H,14,16)(H,17,18)(H,19,20). The van der Waals surface area contributed by atoms with Gasteiger partial charge >= 0.3 is 11.9 Å². The van der Waals surface area contributed by atoms with Crippen molar-refractivity contribution in [1.29, 1.82) is 0 Å². The highest BCUT2D eigenvalue weighted by Gasteiger charge is 2.20. The Morgan fingerprint density at radius 2 is 1.55 bits per heavy atom. The molecular weight excluding hydrogens is 268 g/mol. The second-order valence-corrected chi connectivity index (χ2v) is 4.38. The zero-order chi connectivity index (χ0) is 15.7. The molecule has 2 atom stereocenters. The maximum Gasteiger partial charge on any atom is 0.320 e. The summed E-state index contributed by atoms with van der Waals surface area (Å²) in [7, 11) is 1.47. The minimum Gasteiger partial charge on any atom is -0.481 e. The molecule has 8 heteroatoms. The van der Waals surface area contributed by atoms with Crippen molar-refractivity contribution >= 4 is 23.6 Å². The van der Waals surface area contributed by atoms with Crippen LogP contribution in [-0.2, 0) is 19.2 Å². The van der Waals surface area contributed by atoms with Gasteiger partial charge < -0.3 is 20.8 Å². The number of amides is 1. The van der Waals surface area contributed by atoms with Gasteiger partial charge in [0.2, 0.25) is 5.91 Å². The molecule has 0 aliphatic carbocycles.